The molecule has 6 nitrogen and oxygen atoms in total. The Balaban J connectivity index is 2.25. The molecule has 0 spiro atoms. The zero-order valence-electron chi connectivity index (χ0n) is 12.1. The Bertz CT molecular complexity index is 730. The van der Waals surface area contributed by atoms with Crippen LogP contribution in [0.4, 0.5) is 4.39 Å². The average Bonchev–Trinajstić information content (AvgIpc) is 2.53. The number of carboxylic acids is 1. The largest absolute Gasteiger partial charge is 0.507 e. The summed E-state index contributed by atoms with van der Waals surface area (Å²) in [5, 5.41) is 21.4. The first-order chi connectivity index (χ1) is 10.9. The van der Waals surface area contributed by atoms with E-state index in [1.165, 1.54) is 37.4 Å². The molecule has 0 aromatic heterocycles. The zero-order valence-corrected chi connectivity index (χ0v) is 12.1. The summed E-state index contributed by atoms with van der Waals surface area (Å²) in [5.41, 5.74) is 0.111. The number of carboxylic acid groups (broad SMARTS) is 1. The highest BCUT2D eigenvalue weighted by molar-refractivity contribution is 5.99. The van der Waals surface area contributed by atoms with Gasteiger partial charge in [0.25, 0.3) is 5.91 Å². The molecule has 0 fully saturated rings. The number of phenols is 1. The number of carbonyl (C=O) groups is 2. The number of nitrogens with one attached hydrogen (secondary N) is 1. The molecule has 1 atom stereocenters. The number of rotatable bonds is 5. The van der Waals surface area contributed by atoms with Gasteiger partial charge < -0.3 is 20.3 Å². The summed E-state index contributed by atoms with van der Waals surface area (Å²) in [6.45, 7) is 0. The fourth-order valence-electron chi connectivity index (χ4n) is 1.98. The average molecular weight is 319 g/mol. The molecule has 0 saturated heterocycles. The molecular formula is C16H14FNO5. The Morgan fingerprint density at radius 2 is 1.83 bits per heavy atom. The monoisotopic (exact) mass is 319 g/mol. The lowest BCUT2D eigenvalue weighted by Gasteiger charge is -2.15. The number of aliphatic carboxylic acids is 1. The van der Waals surface area contributed by atoms with Crippen LogP contribution in [0, 0.1) is 5.82 Å². The summed E-state index contributed by atoms with van der Waals surface area (Å²) in [6, 6.07) is 7.37. The van der Waals surface area contributed by atoms with Gasteiger partial charge in [0, 0.05) is 6.07 Å². The third-order valence-corrected chi connectivity index (χ3v) is 3.18. The maximum Gasteiger partial charge on any atom is 0.330 e. The number of aromatic hydroxyl groups is 1. The number of hydrogen-bond donors (Lipinski definition) is 3. The Morgan fingerprint density at radius 3 is 2.35 bits per heavy atom. The molecule has 2 aromatic carbocycles. The Hall–Kier alpha value is -3.09. The van der Waals surface area contributed by atoms with E-state index in [0.29, 0.717) is 5.75 Å². The summed E-state index contributed by atoms with van der Waals surface area (Å²) >= 11 is 0. The predicted octanol–water partition coefficient (Wildman–Crippen LogP) is 2.10. The highest BCUT2D eigenvalue weighted by Gasteiger charge is 2.24. The van der Waals surface area contributed by atoms with Gasteiger partial charge >= 0.3 is 5.97 Å². The molecule has 120 valence electrons. The number of carbonyl (C=O) groups excluding carboxylic acids is 1. The van der Waals surface area contributed by atoms with Crippen molar-refractivity contribution < 1.29 is 28.9 Å². The normalized spacial score (nSPS) is 11.6. The van der Waals surface area contributed by atoms with E-state index in [2.05, 4.69) is 5.32 Å². The molecule has 23 heavy (non-hydrogen) atoms. The van der Waals surface area contributed by atoms with Crippen LogP contribution in [0.25, 0.3) is 0 Å². The van der Waals surface area contributed by atoms with Crippen molar-refractivity contribution in [3.05, 3.63) is 59.4 Å². The van der Waals surface area contributed by atoms with Crippen molar-refractivity contribution >= 4 is 11.9 Å². The number of ether oxygens (including phenoxy) is 1. The van der Waals surface area contributed by atoms with Gasteiger partial charge in [0.15, 0.2) is 6.04 Å². The van der Waals surface area contributed by atoms with E-state index in [1.807, 2.05) is 0 Å². The predicted molar refractivity (Wildman–Crippen MR) is 78.9 cm³/mol. The maximum absolute atomic E-state index is 12.9. The van der Waals surface area contributed by atoms with Gasteiger partial charge in [-0.1, -0.05) is 12.1 Å². The highest BCUT2D eigenvalue weighted by Crippen LogP contribution is 2.24. The van der Waals surface area contributed by atoms with Crippen molar-refractivity contribution in [1.82, 2.24) is 5.32 Å². The second-order valence-electron chi connectivity index (χ2n) is 4.68. The summed E-state index contributed by atoms with van der Waals surface area (Å²) < 4.78 is 17.8. The molecular weight excluding hydrogens is 305 g/mol. The molecule has 0 aliphatic carbocycles. The van der Waals surface area contributed by atoms with Crippen molar-refractivity contribution in [1.29, 1.82) is 0 Å². The first kappa shape index (κ1) is 16.3. The fourth-order valence-corrected chi connectivity index (χ4v) is 1.98. The highest BCUT2D eigenvalue weighted by atomic mass is 19.1. The van der Waals surface area contributed by atoms with E-state index in [4.69, 9.17) is 4.74 Å². The fraction of sp³-hybridized carbons (Fsp3) is 0.125. The van der Waals surface area contributed by atoms with Crippen molar-refractivity contribution in [2.45, 2.75) is 6.04 Å². The Kier molecular flexibility index (Phi) is 4.80. The van der Waals surface area contributed by atoms with Gasteiger partial charge in [-0.3, -0.25) is 4.79 Å². The number of phenolic OH excluding ortho intramolecular Hbond substituents is 1. The van der Waals surface area contributed by atoms with Crippen molar-refractivity contribution in [2.75, 3.05) is 7.11 Å². The molecule has 1 amide bonds. The second-order valence-corrected chi connectivity index (χ2v) is 4.68. The van der Waals surface area contributed by atoms with Crippen LogP contribution in [0.3, 0.4) is 0 Å². The topological polar surface area (TPSA) is 95.9 Å². The summed E-state index contributed by atoms with van der Waals surface area (Å²) in [7, 11) is 1.41. The minimum absolute atomic E-state index is 0.0980. The number of methoxy groups -OCH3 is 1. The third kappa shape index (κ3) is 3.76. The van der Waals surface area contributed by atoms with E-state index in [9.17, 15) is 24.2 Å². The summed E-state index contributed by atoms with van der Waals surface area (Å²) in [5.74, 6) is -2.59. The van der Waals surface area contributed by atoms with Crippen LogP contribution < -0.4 is 10.1 Å². The van der Waals surface area contributed by atoms with Gasteiger partial charge in [0.2, 0.25) is 0 Å². The number of amides is 1. The van der Waals surface area contributed by atoms with Crippen molar-refractivity contribution in [3.8, 4) is 11.5 Å². The molecule has 0 heterocycles. The molecule has 0 aliphatic heterocycles. The van der Waals surface area contributed by atoms with Gasteiger partial charge in [-0.25, -0.2) is 9.18 Å². The maximum atomic E-state index is 12.9. The lowest BCUT2D eigenvalue weighted by atomic mass is 10.1. The quantitative estimate of drug-likeness (QED) is 0.784. The van der Waals surface area contributed by atoms with E-state index < -0.39 is 23.7 Å². The van der Waals surface area contributed by atoms with Gasteiger partial charge in [0.05, 0.1) is 12.7 Å². The van der Waals surface area contributed by atoms with E-state index in [1.54, 1.807) is 0 Å². The van der Waals surface area contributed by atoms with Crippen LogP contribution >= 0.6 is 0 Å². The molecule has 2 aromatic rings. The number of halogens is 1. The Morgan fingerprint density at radius 1 is 1.17 bits per heavy atom. The molecule has 2 rings (SSSR count). The van der Waals surface area contributed by atoms with Crippen LogP contribution in [0.15, 0.2) is 42.5 Å². The van der Waals surface area contributed by atoms with Crippen LogP contribution in [0.1, 0.15) is 22.0 Å². The second kappa shape index (κ2) is 6.78. The van der Waals surface area contributed by atoms with Gasteiger partial charge in [0.1, 0.15) is 17.3 Å². The molecule has 0 saturated carbocycles. The zero-order chi connectivity index (χ0) is 17.0. The first-order valence-electron chi connectivity index (χ1n) is 6.58. The van der Waals surface area contributed by atoms with Crippen molar-refractivity contribution in [2.24, 2.45) is 0 Å². The Labute approximate surface area is 131 Å². The van der Waals surface area contributed by atoms with Crippen LogP contribution in [0.2, 0.25) is 0 Å². The van der Waals surface area contributed by atoms with Crippen LogP contribution in [-0.2, 0) is 4.79 Å². The number of benzene rings is 2. The molecule has 1 unspecified atom stereocenters. The van der Waals surface area contributed by atoms with E-state index in [-0.39, 0.29) is 16.9 Å². The SMILES string of the molecule is COc1ccc(C(=O)NC(C(=O)O)c2ccc(F)cc2)c(O)c1. The summed E-state index contributed by atoms with van der Waals surface area (Å²) in [6.07, 6.45) is 0. The summed E-state index contributed by atoms with van der Waals surface area (Å²) in [4.78, 5) is 23.5. The first-order valence-corrected chi connectivity index (χ1v) is 6.58. The standard InChI is InChI=1S/C16H14FNO5/c1-23-11-6-7-12(13(19)8-11)15(20)18-14(16(21)22)9-2-4-10(17)5-3-9/h2-8,14,19H,1H3,(H,18,20)(H,21,22). The molecule has 7 heteroatoms. The molecule has 0 radical (unpaired) electrons. The van der Waals surface area contributed by atoms with Crippen LogP contribution in [0.5, 0.6) is 11.5 Å². The number of hydrogen-bond acceptors (Lipinski definition) is 4. The van der Waals surface area contributed by atoms with Gasteiger partial charge in [-0.15, -0.1) is 0 Å². The minimum Gasteiger partial charge on any atom is -0.507 e. The lowest BCUT2D eigenvalue weighted by molar-refractivity contribution is -0.139. The lowest BCUT2D eigenvalue weighted by Crippen LogP contribution is -2.33. The van der Waals surface area contributed by atoms with E-state index >= 15 is 0 Å². The molecule has 0 bridgehead atoms. The molecule has 0 aliphatic rings. The smallest absolute Gasteiger partial charge is 0.330 e. The van der Waals surface area contributed by atoms with Gasteiger partial charge in [-0.2, -0.15) is 0 Å². The van der Waals surface area contributed by atoms with Gasteiger partial charge in [-0.05, 0) is 29.8 Å². The molecule has 3 N–H and O–H groups in total. The third-order valence-electron chi connectivity index (χ3n) is 3.18. The van der Waals surface area contributed by atoms with Crippen molar-refractivity contribution in [3.63, 3.8) is 0 Å². The van der Waals surface area contributed by atoms with E-state index in [0.717, 1.165) is 12.1 Å². The van der Waals surface area contributed by atoms with Crippen LogP contribution in [-0.4, -0.2) is 29.2 Å². The minimum atomic E-state index is -1.37.